The zero-order chi connectivity index (χ0) is 36.5. The molecule has 0 aliphatic heterocycles. The zero-order valence-electron chi connectivity index (χ0n) is 31.3. The van der Waals surface area contributed by atoms with Gasteiger partial charge in [0.15, 0.2) is 0 Å². The minimum Gasteiger partial charge on any atom is -0.493 e. The number of hydrogen-bond donors (Lipinski definition) is 0. The first kappa shape index (κ1) is 41.3. The predicted molar refractivity (Wildman–Crippen MR) is 206 cm³/mol. The van der Waals surface area contributed by atoms with Crippen LogP contribution in [0.15, 0.2) is 66.7 Å². The molecule has 0 heterocycles. The Morgan fingerprint density at radius 1 is 0.647 bits per heavy atom. The number of unbranched alkanes of at least 4 members (excludes halogenated alkanes) is 15. The fourth-order valence-electron chi connectivity index (χ4n) is 5.93. The lowest BCUT2D eigenvalue weighted by atomic mass is 10.0. The van der Waals surface area contributed by atoms with Gasteiger partial charge in [0.2, 0.25) is 0 Å². The molecular weight excluding hydrogens is 639 g/mol. The maximum absolute atomic E-state index is 14.6. The summed E-state index contributed by atoms with van der Waals surface area (Å²) >= 11 is 0. The molecule has 0 aromatic heterocycles. The van der Waals surface area contributed by atoms with Crippen LogP contribution in [0.1, 0.15) is 152 Å². The van der Waals surface area contributed by atoms with Crippen molar-refractivity contribution >= 4 is 11.9 Å². The van der Waals surface area contributed by atoms with E-state index in [2.05, 4.69) is 25.7 Å². The Labute approximate surface area is 306 Å². The molecule has 0 aliphatic carbocycles. The van der Waals surface area contributed by atoms with E-state index < -0.39 is 11.8 Å². The van der Waals surface area contributed by atoms with Crippen molar-refractivity contribution in [3.63, 3.8) is 0 Å². The summed E-state index contributed by atoms with van der Waals surface area (Å²) in [5.74, 6) is 4.06. The first-order valence-corrected chi connectivity index (χ1v) is 19.5. The summed E-state index contributed by atoms with van der Waals surface area (Å²) in [7, 11) is 0. The lowest BCUT2D eigenvalue weighted by molar-refractivity contribution is -0.128. The fraction of sp³-hybridized carbons (Fsp3) is 0.511. The third kappa shape index (κ3) is 17.1. The zero-order valence-corrected chi connectivity index (χ0v) is 31.3. The summed E-state index contributed by atoms with van der Waals surface area (Å²) in [5.41, 5.74) is 2.41. The molecule has 3 aromatic rings. The number of carbonyl (C=O) groups excluding carboxylic acids is 2. The van der Waals surface area contributed by atoms with Crippen LogP contribution in [0.4, 0.5) is 4.39 Å². The van der Waals surface area contributed by atoms with E-state index in [-0.39, 0.29) is 17.6 Å². The van der Waals surface area contributed by atoms with E-state index >= 15 is 0 Å². The monoisotopic (exact) mass is 698 g/mol. The van der Waals surface area contributed by atoms with E-state index in [1.54, 1.807) is 30.3 Å². The molecular formula is C45H59FO5. The number of halogens is 1. The number of esters is 2. The third-order valence-electron chi connectivity index (χ3n) is 9.05. The highest BCUT2D eigenvalue weighted by molar-refractivity contribution is 5.91. The molecule has 0 N–H and O–H groups in total. The average Bonchev–Trinajstić information content (AvgIpc) is 3.13. The Morgan fingerprint density at radius 2 is 1.16 bits per heavy atom. The molecule has 0 aliphatic rings. The highest BCUT2D eigenvalue weighted by atomic mass is 19.1. The number of ether oxygens (including phenoxy) is 3. The van der Waals surface area contributed by atoms with Gasteiger partial charge in [-0.2, -0.15) is 0 Å². The smallest absolute Gasteiger partial charge is 0.390 e. The molecule has 3 rings (SSSR count). The second-order valence-electron chi connectivity index (χ2n) is 13.5. The molecule has 51 heavy (non-hydrogen) atoms. The van der Waals surface area contributed by atoms with Gasteiger partial charge >= 0.3 is 11.9 Å². The van der Waals surface area contributed by atoms with Gasteiger partial charge in [0.25, 0.3) is 0 Å². The lowest BCUT2D eigenvalue weighted by Crippen LogP contribution is -2.15. The summed E-state index contributed by atoms with van der Waals surface area (Å²) in [5, 5.41) is 0. The topological polar surface area (TPSA) is 61.8 Å². The molecule has 6 heteroatoms. The Morgan fingerprint density at radius 3 is 1.73 bits per heavy atom. The van der Waals surface area contributed by atoms with Crippen molar-refractivity contribution in [2.24, 2.45) is 0 Å². The van der Waals surface area contributed by atoms with Crippen molar-refractivity contribution in [3.05, 3.63) is 83.7 Å². The Balaban J connectivity index is 1.34. The number of carbonyl (C=O) groups is 2. The van der Waals surface area contributed by atoms with Gasteiger partial charge in [-0.25, -0.2) is 14.0 Å². The molecule has 0 spiro atoms. The van der Waals surface area contributed by atoms with Gasteiger partial charge in [-0.1, -0.05) is 140 Å². The van der Waals surface area contributed by atoms with Gasteiger partial charge in [0.05, 0.1) is 23.8 Å². The van der Waals surface area contributed by atoms with Gasteiger partial charge in [-0.05, 0) is 73.7 Å². The summed E-state index contributed by atoms with van der Waals surface area (Å²) in [4.78, 5) is 24.9. The van der Waals surface area contributed by atoms with Crippen LogP contribution in [0.25, 0.3) is 11.1 Å². The molecule has 0 bridgehead atoms. The number of rotatable bonds is 24. The highest BCUT2D eigenvalue weighted by Crippen LogP contribution is 2.24. The summed E-state index contributed by atoms with van der Waals surface area (Å²) in [6, 6.07) is 18.7. The van der Waals surface area contributed by atoms with E-state index in [9.17, 15) is 14.0 Å². The van der Waals surface area contributed by atoms with Gasteiger partial charge in [0.1, 0.15) is 17.3 Å². The molecule has 3 aromatic carbocycles. The maximum atomic E-state index is 14.6. The minimum absolute atomic E-state index is 0.101. The number of benzene rings is 3. The standard InChI is InChI=1S/C45H59FO5/c1-4-6-8-10-11-12-13-14-15-16-17-18-20-34-49-42-32-28-39(43(46)35-42)29-33-44(47)51-41-30-26-38(27-31-41)37-22-24-40(25-23-37)45(48)50-36(3)21-19-9-7-5-2/h22-28,30-32,35-36H,4-21,34H2,1-3H3/t36-/m1/s1. The minimum atomic E-state index is -0.785. The molecule has 0 fully saturated rings. The largest absolute Gasteiger partial charge is 0.493 e. The molecule has 1 atom stereocenters. The van der Waals surface area contributed by atoms with Crippen LogP contribution in [-0.2, 0) is 9.53 Å². The third-order valence-corrected chi connectivity index (χ3v) is 9.05. The van der Waals surface area contributed by atoms with Crippen molar-refractivity contribution < 1.29 is 28.2 Å². The van der Waals surface area contributed by atoms with Crippen LogP contribution < -0.4 is 9.47 Å². The molecule has 0 saturated carbocycles. The van der Waals surface area contributed by atoms with Gasteiger partial charge in [-0.3, -0.25) is 0 Å². The van der Waals surface area contributed by atoms with Crippen molar-refractivity contribution in [1.82, 2.24) is 0 Å². The molecule has 0 unspecified atom stereocenters. The Hall–Kier alpha value is -4.11. The van der Waals surface area contributed by atoms with Gasteiger partial charge in [-0.15, -0.1) is 0 Å². The highest BCUT2D eigenvalue weighted by Gasteiger charge is 2.12. The van der Waals surface area contributed by atoms with E-state index in [1.165, 1.54) is 95.6 Å². The quantitative estimate of drug-likeness (QED) is 0.0403. The van der Waals surface area contributed by atoms with E-state index in [4.69, 9.17) is 14.2 Å². The second kappa shape index (κ2) is 24.9. The first-order valence-electron chi connectivity index (χ1n) is 19.5. The number of hydrogen-bond acceptors (Lipinski definition) is 5. The van der Waals surface area contributed by atoms with Crippen LogP contribution in [0.3, 0.4) is 0 Å². The van der Waals surface area contributed by atoms with Crippen LogP contribution in [0.5, 0.6) is 11.5 Å². The van der Waals surface area contributed by atoms with Crippen molar-refractivity contribution in [3.8, 4) is 34.5 Å². The lowest BCUT2D eigenvalue weighted by Gasteiger charge is -2.13. The van der Waals surface area contributed by atoms with Crippen LogP contribution in [0, 0.1) is 17.7 Å². The van der Waals surface area contributed by atoms with Crippen molar-refractivity contribution in [2.75, 3.05) is 6.61 Å². The van der Waals surface area contributed by atoms with Gasteiger partial charge < -0.3 is 14.2 Å². The molecule has 0 saturated heterocycles. The fourth-order valence-corrected chi connectivity index (χ4v) is 5.93. The van der Waals surface area contributed by atoms with Crippen molar-refractivity contribution in [1.29, 1.82) is 0 Å². The molecule has 5 nitrogen and oxygen atoms in total. The van der Waals surface area contributed by atoms with E-state index in [1.807, 2.05) is 31.2 Å². The SMILES string of the molecule is CCCCCCCCCCCCCCCOc1ccc(C#CC(=O)Oc2ccc(-c3ccc(C(=O)O[C@H](C)CCCCCC)cc3)cc2)c(F)c1. The maximum Gasteiger partial charge on any atom is 0.390 e. The normalized spacial score (nSPS) is 11.4. The summed E-state index contributed by atoms with van der Waals surface area (Å²) in [6.07, 6.45) is 22.1. The van der Waals surface area contributed by atoms with E-state index in [0.29, 0.717) is 23.7 Å². The van der Waals surface area contributed by atoms with Crippen LogP contribution >= 0.6 is 0 Å². The van der Waals surface area contributed by atoms with Crippen LogP contribution in [-0.4, -0.2) is 24.6 Å². The summed E-state index contributed by atoms with van der Waals surface area (Å²) < 4.78 is 31.3. The Kier molecular flexibility index (Phi) is 20.2. The molecule has 0 amide bonds. The van der Waals surface area contributed by atoms with Crippen LogP contribution in [0.2, 0.25) is 0 Å². The molecule has 0 radical (unpaired) electrons. The van der Waals surface area contributed by atoms with Gasteiger partial charge in [0, 0.05) is 12.0 Å². The van der Waals surface area contributed by atoms with E-state index in [0.717, 1.165) is 43.2 Å². The first-order chi connectivity index (χ1) is 24.9. The second-order valence-corrected chi connectivity index (χ2v) is 13.5. The predicted octanol–water partition coefficient (Wildman–Crippen LogP) is 12.4. The molecule has 276 valence electrons. The Bertz CT molecular complexity index is 1490. The van der Waals surface area contributed by atoms with Crippen molar-refractivity contribution in [2.45, 2.75) is 142 Å². The summed E-state index contributed by atoms with van der Waals surface area (Å²) in [6.45, 7) is 6.92. The average molecular weight is 699 g/mol.